The number of imidazole rings is 1. The fourth-order valence-corrected chi connectivity index (χ4v) is 5.38. The van der Waals surface area contributed by atoms with Gasteiger partial charge in [0.25, 0.3) is 0 Å². The molecule has 0 saturated heterocycles. The van der Waals surface area contributed by atoms with Crippen LogP contribution in [0.25, 0.3) is 22.6 Å². The molecule has 0 amide bonds. The van der Waals surface area contributed by atoms with E-state index in [0.717, 1.165) is 59.5 Å². The third-order valence-electron chi connectivity index (χ3n) is 5.94. The van der Waals surface area contributed by atoms with Crippen molar-refractivity contribution in [1.82, 2.24) is 29.8 Å². The van der Waals surface area contributed by atoms with Crippen LogP contribution in [-0.2, 0) is 19.4 Å². The van der Waals surface area contributed by atoms with E-state index in [2.05, 4.69) is 57.7 Å². The van der Waals surface area contributed by atoms with Crippen LogP contribution in [0.4, 0.5) is 5.82 Å². The minimum Gasteiger partial charge on any atom is -0.441 e. The maximum atomic E-state index is 6.16. The minimum atomic E-state index is 0.217. The Labute approximate surface area is 203 Å². The Hall–Kier alpha value is -2.91. The maximum Gasteiger partial charge on any atom is 0.227 e. The highest BCUT2D eigenvalue weighted by Gasteiger charge is 2.22. The lowest BCUT2D eigenvalue weighted by molar-refractivity contribution is 0.375. The van der Waals surface area contributed by atoms with Crippen molar-refractivity contribution >= 4 is 28.7 Å². The van der Waals surface area contributed by atoms with Crippen molar-refractivity contribution in [3.8, 4) is 11.5 Å². The fraction of sp³-hybridized carbons (Fsp3) is 0.440. The molecule has 178 valence electrons. The largest absolute Gasteiger partial charge is 0.441 e. The van der Waals surface area contributed by atoms with Crippen LogP contribution in [0.15, 0.2) is 39.1 Å². The zero-order chi connectivity index (χ0) is 23.9. The van der Waals surface area contributed by atoms with Crippen LogP contribution in [-0.4, -0.2) is 37.6 Å². The Bertz CT molecular complexity index is 1340. The van der Waals surface area contributed by atoms with Crippen molar-refractivity contribution in [1.29, 1.82) is 0 Å². The summed E-state index contributed by atoms with van der Waals surface area (Å²) in [5.41, 5.74) is 11.5. The number of nitrogens with two attached hydrogens (primary N) is 1. The van der Waals surface area contributed by atoms with Gasteiger partial charge in [-0.15, -0.1) is 0 Å². The summed E-state index contributed by atoms with van der Waals surface area (Å²) in [6, 6.07) is 4.51. The Kier molecular flexibility index (Phi) is 6.07. The number of nitrogens with one attached hydrogen (secondary N) is 1. The van der Waals surface area contributed by atoms with Gasteiger partial charge in [0.15, 0.2) is 22.1 Å². The lowest BCUT2D eigenvalue weighted by Gasteiger charge is -2.19. The number of benzene rings is 1. The van der Waals surface area contributed by atoms with Gasteiger partial charge in [-0.3, -0.25) is 0 Å². The molecule has 5 rings (SSSR count). The molecule has 0 spiro atoms. The third-order valence-corrected chi connectivity index (χ3v) is 6.99. The zero-order valence-electron chi connectivity index (χ0n) is 20.2. The zero-order valence-corrected chi connectivity index (χ0v) is 21.0. The SMILES string of the molecule is Cc1cnc(-c2cc3c(cc2Sc2nc4c(N)ncnc4n2CCNCC(C)(C)C)CCC3)o1. The standard InChI is InChI=1S/C25H31N7OS/c1-15-12-28-23(33-15)18-10-16-6-5-7-17(16)11-19(18)34-24-31-20-21(26)29-14-30-22(20)32(24)9-8-27-13-25(2,3)4/h10-12,14,27H,5-9,13H2,1-4H3,(H2,26,29,30). The molecule has 0 bridgehead atoms. The van der Waals surface area contributed by atoms with E-state index in [9.17, 15) is 0 Å². The average molecular weight is 478 g/mol. The number of nitrogen functional groups attached to an aromatic ring is 1. The Morgan fingerprint density at radius 1 is 1.15 bits per heavy atom. The molecule has 0 fully saturated rings. The molecule has 0 radical (unpaired) electrons. The number of rotatable bonds is 7. The van der Waals surface area contributed by atoms with Gasteiger partial charge in [-0.1, -0.05) is 32.5 Å². The monoisotopic (exact) mass is 477 g/mol. The van der Waals surface area contributed by atoms with Gasteiger partial charge in [0.1, 0.15) is 12.1 Å². The molecular weight excluding hydrogens is 446 g/mol. The van der Waals surface area contributed by atoms with Crippen LogP contribution < -0.4 is 11.1 Å². The van der Waals surface area contributed by atoms with Gasteiger partial charge in [0.2, 0.25) is 5.89 Å². The Morgan fingerprint density at radius 3 is 2.68 bits per heavy atom. The number of aromatic nitrogens is 5. The van der Waals surface area contributed by atoms with Gasteiger partial charge in [0.05, 0.1) is 11.8 Å². The van der Waals surface area contributed by atoms with E-state index in [0.29, 0.717) is 17.2 Å². The number of anilines is 1. The Morgan fingerprint density at radius 2 is 1.94 bits per heavy atom. The third kappa shape index (κ3) is 4.67. The summed E-state index contributed by atoms with van der Waals surface area (Å²) in [5, 5.41) is 4.39. The second-order valence-electron chi connectivity index (χ2n) is 10.1. The van der Waals surface area contributed by atoms with Crippen molar-refractivity contribution in [2.75, 3.05) is 18.8 Å². The number of nitrogens with zero attached hydrogens (tertiary/aromatic N) is 5. The lowest BCUT2D eigenvalue weighted by atomic mass is 9.97. The van der Waals surface area contributed by atoms with E-state index in [-0.39, 0.29) is 5.41 Å². The Balaban J connectivity index is 1.53. The highest BCUT2D eigenvalue weighted by molar-refractivity contribution is 7.99. The first-order valence-electron chi connectivity index (χ1n) is 11.7. The number of hydrogen-bond acceptors (Lipinski definition) is 8. The first-order chi connectivity index (χ1) is 16.3. The van der Waals surface area contributed by atoms with Gasteiger partial charge in [-0.25, -0.2) is 19.9 Å². The van der Waals surface area contributed by atoms with Crippen molar-refractivity contribution < 1.29 is 4.42 Å². The van der Waals surface area contributed by atoms with Crippen LogP contribution in [0.2, 0.25) is 0 Å². The van der Waals surface area contributed by atoms with Gasteiger partial charge in [-0.2, -0.15) is 0 Å². The molecule has 0 unspecified atom stereocenters. The summed E-state index contributed by atoms with van der Waals surface area (Å²) in [4.78, 5) is 19.1. The molecule has 34 heavy (non-hydrogen) atoms. The number of fused-ring (bicyclic) bond motifs is 2. The van der Waals surface area contributed by atoms with Crippen LogP contribution in [0, 0.1) is 12.3 Å². The lowest BCUT2D eigenvalue weighted by Crippen LogP contribution is -2.29. The highest BCUT2D eigenvalue weighted by Crippen LogP contribution is 2.40. The van der Waals surface area contributed by atoms with E-state index in [1.54, 1.807) is 18.0 Å². The van der Waals surface area contributed by atoms with Gasteiger partial charge in [-0.05, 0) is 54.9 Å². The average Bonchev–Trinajstić information content (AvgIpc) is 3.49. The molecular formula is C25H31N7OS. The fourth-order valence-electron chi connectivity index (χ4n) is 4.30. The molecule has 8 nitrogen and oxygen atoms in total. The number of hydrogen-bond donors (Lipinski definition) is 2. The van der Waals surface area contributed by atoms with E-state index in [4.69, 9.17) is 15.1 Å². The molecule has 9 heteroatoms. The smallest absolute Gasteiger partial charge is 0.227 e. The van der Waals surface area contributed by atoms with Gasteiger partial charge < -0.3 is 20.0 Å². The van der Waals surface area contributed by atoms with E-state index in [1.807, 2.05) is 6.92 Å². The second kappa shape index (κ2) is 9.03. The first-order valence-corrected chi connectivity index (χ1v) is 12.5. The predicted molar refractivity (Wildman–Crippen MR) is 135 cm³/mol. The molecule has 3 heterocycles. The van der Waals surface area contributed by atoms with E-state index < -0.39 is 0 Å². The minimum absolute atomic E-state index is 0.217. The summed E-state index contributed by atoms with van der Waals surface area (Å²) in [6.45, 7) is 11.0. The van der Waals surface area contributed by atoms with E-state index in [1.165, 1.54) is 23.9 Å². The maximum absolute atomic E-state index is 6.16. The summed E-state index contributed by atoms with van der Waals surface area (Å²) >= 11 is 1.61. The van der Waals surface area contributed by atoms with Gasteiger partial charge in [0, 0.05) is 24.5 Å². The summed E-state index contributed by atoms with van der Waals surface area (Å²) < 4.78 is 8.05. The molecule has 3 aromatic heterocycles. The molecule has 1 aromatic carbocycles. The molecule has 4 aromatic rings. The molecule has 0 atom stereocenters. The topological polar surface area (TPSA) is 108 Å². The van der Waals surface area contributed by atoms with Crippen molar-refractivity contribution in [2.24, 2.45) is 5.41 Å². The van der Waals surface area contributed by atoms with Crippen LogP contribution in [0.1, 0.15) is 44.1 Å². The van der Waals surface area contributed by atoms with Crippen molar-refractivity contribution in [3.63, 3.8) is 0 Å². The highest BCUT2D eigenvalue weighted by atomic mass is 32.2. The second-order valence-corrected chi connectivity index (χ2v) is 11.1. The first kappa shape index (κ1) is 22.9. The van der Waals surface area contributed by atoms with Crippen LogP contribution in [0.5, 0.6) is 0 Å². The summed E-state index contributed by atoms with van der Waals surface area (Å²) in [5.74, 6) is 1.83. The normalized spacial score (nSPS) is 13.6. The molecule has 1 aliphatic rings. The number of aryl methyl sites for hydroxylation is 3. The van der Waals surface area contributed by atoms with Gasteiger partial charge >= 0.3 is 0 Å². The molecule has 0 aliphatic heterocycles. The molecule has 1 aliphatic carbocycles. The van der Waals surface area contributed by atoms with Crippen molar-refractivity contribution in [3.05, 3.63) is 41.5 Å². The predicted octanol–water partition coefficient (Wildman–Crippen LogP) is 4.65. The van der Waals surface area contributed by atoms with E-state index >= 15 is 0 Å². The van der Waals surface area contributed by atoms with Crippen LogP contribution >= 0.6 is 11.8 Å². The molecule has 3 N–H and O–H groups in total. The summed E-state index contributed by atoms with van der Waals surface area (Å²) in [6.07, 6.45) is 6.64. The van der Waals surface area contributed by atoms with Crippen LogP contribution in [0.3, 0.4) is 0 Å². The number of oxazole rings is 1. The summed E-state index contributed by atoms with van der Waals surface area (Å²) in [7, 11) is 0. The quantitative estimate of drug-likeness (QED) is 0.371. The van der Waals surface area contributed by atoms with Crippen molar-refractivity contribution in [2.45, 2.75) is 63.6 Å². The molecule has 0 saturated carbocycles.